The van der Waals surface area contributed by atoms with Gasteiger partial charge in [0, 0.05) is 41.8 Å². The molecule has 0 aliphatic carbocycles. The van der Waals surface area contributed by atoms with E-state index in [-0.39, 0.29) is 40.9 Å². The Labute approximate surface area is 291 Å². The first-order chi connectivity index (χ1) is 23.3. The van der Waals surface area contributed by atoms with Crippen LogP contribution in [0.2, 0.25) is 0 Å². The molecular formula is C36H51F3N8O3. The SMILES string of the molecule is CC(C)(C)c1cc(COCCN)cc(OC(F)(F)F)c1.C[C@H](NCCCN=C(N)N)c1ccc(-n2cc3cc(C(C)(C)C)[nH]c3nc2=O)cc1. The fraction of sp³-hybridized carbons (Fsp3) is 0.472. The molecule has 14 heteroatoms. The van der Waals surface area contributed by atoms with E-state index in [1.807, 2.05) is 57.3 Å². The van der Waals surface area contributed by atoms with Crippen LogP contribution in [0.5, 0.6) is 5.75 Å². The number of nitrogens with two attached hydrogens (primary N) is 3. The quantitative estimate of drug-likeness (QED) is 0.0714. The summed E-state index contributed by atoms with van der Waals surface area (Å²) < 4.78 is 47.9. The number of nitrogens with zero attached hydrogens (tertiary/aromatic N) is 3. The van der Waals surface area contributed by atoms with Crippen molar-refractivity contribution in [1.82, 2.24) is 19.9 Å². The Morgan fingerprint density at radius 1 is 1.02 bits per heavy atom. The number of rotatable bonds is 12. The monoisotopic (exact) mass is 700 g/mol. The largest absolute Gasteiger partial charge is 0.573 e. The van der Waals surface area contributed by atoms with Crippen LogP contribution in [0.3, 0.4) is 0 Å². The topological polar surface area (TPSA) is 172 Å². The number of alkyl halides is 3. The van der Waals surface area contributed by atoms with Crippen LogP contribution in [0.25, 0.3) is 16.7 Å². The second-order valence-corrected chi connectivity index (χ2v) is 14.1. The molecule has 2 aromatic heterocycles. The number of aromatic nitrogens is 3. The molecule has 1 atom stereocenters. The summed E-state index contributed by atoms with van der Waals surface area (Å²) in [7, 11) is 0. The molecule has 4 rings (SSSR count). The van der Waals surface area contributed by atoms with Crippen molar-refractivity contribution in [1.29, 1.82) is 0 Å². The summed E-state index contributed by atoms with van der Waals surface area (Å²) in [5.41, 5.74) is 20.3. The van der Waals surface area contributed by atoms with E-state index in [0.29, 0.717) is 30.9 Å². The highest BCUT2D eigenvalue weighted by atomic mass is 19.4. The molecule has 11 nitrogen and oxygen atoms in total. The molecule has 50 heavy (non-hydrogen) atoms. The molecule has 0 saturated heterocycles. The minimum absolute atomic E-state index is 0.0390. The molecular weight excluding hydrogens is 649 g/mol. The molecule has 0 fully saturated rings. The van der Waals surface area contributed by atoms with Gasteiger partial charge in [0.05, 0.1) is 18.9 Å². The summed E-state index contributed by atoms with van der Waals surface area (Å²) in [4.78, 5) is 24.0. The zero-order valence-corrected chi connectivity index (χ0v) is 29.9. The lowest BCUT2D eigenvalue weighted by molar-refractivity contribution is -0.274. The second-order valence-electron chi connectivity index (χ2n) is 14.1. The van der Waals surface area contributed by atoms with Crippen LogP contribution in [0.4, 0.5) is 13.2 Å². The minimum atomic E-state index is -4.70. The number of aliphatic imine (C=N–C) groups is 1. The number of hydrogen-bond donors (Lipinski definition) is 5. The van der Waals surface area contributed by atoms with Crippen molar-refractivity contribution in [3.63, 3.8) is 0 Å². The molecule has 0 amide bonds. The van der Waals surface area contributed by atoms with Crippen molar-refractivity contribution in [2.75, 3.05) is 26.2 Å². The summed E-state index contributed by atoms with van der Waals surface area (Å²) in [5.74, 6) is -0.105. The van der Waals surface area contributed by atoms with Gasteiger partial charge in [0.1, 0.15) is 11.4 Å². The number of guanidine groups is 1. The van der Waals surface area contributed by atoms with Crippen molar-refractivity contribution in [3.05, 3.63) is 87.6 Å². The molecule has 2 aromatic carbocycles. The Kier molecular flexibility index (Phi) is 13.6. The first-order valence-corrected chi connectivity index (χ1v) is 16.5. The van der Waals surface area contributed by atoms with Crippen LogP contribution in [0, 0.1) is 0 Å². The van der Waals surface area contributed by atoms with Crippen molar-refractivity contribution >= 4 is 17.0 Å². The van der Waals surface area contributed by atoms with Crippen LogP contribution < -0.4 is 32.9 Å². The Balaban J connectivity index is 0.000000295. The molecule has 0 aliphatic rings. The summed E-state index contributed by atoms with van der Waals surface area (Å²) >= 11 is 0. The van der Waals surface area contributed by atoms with Crippen LogP contribution in [0.15, 0.2) is 64.5 Å². The number of benzene rings is 2. The fourth-order valence-corrected chi connectivity index (χ4v) is 4.87. The lowest BCUT2D eigenvalue weighted by Gasteiger charge is -2.21. The Morgan fingerprint density at radius 2 is 1.70 bits per heavy atom. The summed E-state index contributed by atoms with van der Waals surface area (Å²) in [5, 5.41) is 4.36. The van der Waals surface area contributed by atoms with Crippen LogP contribution in [-0.4, -0.2) is 53.1 Å². The average Bonchev–Trinajstić information content (AvgIpc) is 3.43. The van der Waals surface area contributed by atoms with Gasteiger partial charge in [-0.05, 0) is 72.3 Å². The van der Waals surface area contributed by atoms with E-state index in [1.165, 1.54) is 12.1 Å². The highest BCUT2D eigenvalue weighted by Gasteiger charge is 2.32. The van der Waals surface area contributed by atoms with Gasteiger partial charge in [0.25, 0.3) is 0 Å². The van der Waals surface area contributed by atoms with Crippen LogP contribution in [0.1, 0.15) is 83.3 Å². The molecule has 8 N–H and O–H groups in total. The van der Waals surface area contributed by atoms with Gasteiger partial charge in [0.2, 0.25) is 0 Å². The van der Waals surface area contributed by atoms with E-state index in [9.17, 15) is 18.0 Å². The number of fused-ring (bicyclic) bond motifs is 1. The van der Waals surface area contributed by atoms with Gasteiger partial charge in [-0.15, -0.1) is 13.2 Å². The van der Waals surface area contributed by atoms with Gasteiger partial charge in [-0.1, -0.05) is 59.7 Å². The third-order valence-electron chi connectivity index (χ3n) is 7.66. The lowest BCUT2D eigenvalue weighted by atomic mass is 9.86. The number of nitrogens with one attached hydrogen (secondary N) is 2. The summed E-state index contributed by atoms with van der Waals surface area (Å²) in [6.07, 6.45) is -2.00. The Morgan fingerprint density at radius 3 is 2.28 bits per heavy atom. The highest BCUT2D eigenvalue weighted by molar-refractivity contribution is 5.76. The number of H-pyrrole nitrogens is 1. The second kappa shape index (κ2) is 17.0. The number of aromatic amines is 1. The van der Waals surface area contributed by atoms with Crippen LogP contribution >= 0.6 is 0 Å². The normalized spacial score (nSPS) is 12.7. The van der Waals surface area contributed by atoms with Crippen molar-refractivity contribution in [2.24, 2.45) is 22.2 Å². The van der Waals surface area contributed by atoms with Crippen LogP contribution in [-0.2, 0) is 22.2 Å². The molecule has 0 radical (unpaired) electrons. The van der Waals surface area contributed by atoms with Crippen molar-refractivity contribution in [3.8, 4) is 11.4 Å². The molecule has 0 saturated carbocycles. The molecule has 4 aromatic rings. The van der Waals surface area contributed by atoms with Gasteiger partial charge in [-0.2, -0.15) is 4.98 Å². The molecule has 0 spiro atoms. The average molecular weight is 701 g/mol. The molecule has 274 valence electrons. The predicted molar refractivity (Wildman–Crippen MR) is 193 cm³/mol. The Hall–Kier alpha value is -4.40. The van der Waals surface area contributed by atoms with Gasteiger partial charge in [-0.25, -0.2) is 4.79 Å². The highest BCUT2D eigenvalue weighted by Crippen LogP contribution is 2.31. The van der Waals surface area contributed by atoms with Gasteiger partial charge in [-0.3, -0.25) is 9.56 Å². The van der Waals surface area contributed by atoms with Gasteiger partial charge < -0.3 is 37.0 Å². The lowest BCUT2D eigenvalue weighted by Crippen LogP contribution is -2.24. The molecule has 0 bridgehead atoms. The number of halogens is 3. The van der Waals surface area contributed by atoms with E-state index in [2.05, 4.69) is 58.8 Å². The zero-order valence-electron chi connectivity index (χ0n) is 29.9. The van der Waals surface area contributed by atoms with Gasteiger partial charge >= 0.3 is 12.1 Å². The van der Waals surface area contributed by atoms with E-state index >= 15 is 0 Å². The van der Waals surface area contributed by atoms with E-state index in [0.717, 1.165) is 40.9 Å². The fourth-order valence-electron chi connectivity index (χ4n) is 4.87. The van der Waals surface area contributed by atoms with Crippen molar-refractivity contribution in [2.45, 2.75) is 84.7 Å². The minimum Gasteiger partial charge on any atom is -0.406 e. The third-order valence-corrected chi connectivity index (χ3v) is 7.66. The maximum absolute atomic E-state index is 12.6. The zero-order chi connectivity index (χ0) is 37.3. The van der Waals surface area contributed by atoms with E-state index in [1.54, 1.807) is 4.57 Å². The van der Waals surface area contributed by atoms with Gasteiger partial charge in [0.15, 0.2) is 5.96 Å². The molecule has 0 aliphatic heterocycles. The number of hydrogen-bond acceptors (Lipinski definition) is 7. The maximum Gasteiger partial charge on any atom is 0.573 e. The van der Waals surface area contributed by atoms with E-state index < -0.39 is 6.36 Å². The molecule has 2 heterocycles. The van der Waals surface area contributed by atoms with Crippen molar-refractivity contribution < 1.29 is 22.6 Å². The third kappa shape index (κ3) is 12.5. The first-order valence-electron chi connectivity index (χ1n) is 16.5. The summed E-state index contributed by atoms with van der Waals surface area (Å²) in [6.45, 7) is 16.6. The Bertz CT molecular complexity index is 1770. The first kappa shape index (κ1) is 40.0. The maximum atomic E-state index is 12.6. The smallest absolute Gasteiger partial charge is 0.406 e. The summed E-state index contributed by atoms with van der Waals surface area (Å²) in [6, 6.07) is 14.7. The predicted octanol–water partition coefficient (Wildman–Crippen LogP) is 5.68. The van der Waals surface area contributed by atoms with E-state index in [4.69, 9.17) is 21.9 Å². The molecule has 0 unspecified atom stereocenters. The number of ether oxygens (including phenoxy) is 2. The standard InChI is InChI=1S/C22H31N7O.C14H20F3NO2/c1-14(25-10-5-11-26-20(23)24)15-6-8-17(9-7-15)29-13-16-12-18(22(2,3)4)27-19(16)28-21(29)30;1-13(2,3)11-6-10(9-19-5-4-18)7-12(8-11)20-14(15,16)17/h6-9,12-14,25H,5,10-11H2,1-4H3,(H4,23,24,26)(H,27,28,30);6-8H,4-5,9,18H2,1-3H3/t14-;/m0./s1.